The molecule has 0 amide bonds. The van der Waals surface area contributed by atoms with Crippen LogP contribution in [0.25, 0.3) is 5.70 Å². The minimum atomic E-state index is -0.117. The van der Waals surface area contributed by atoms with Crippen molar-refractivity contribution in [1.82, 2.24) is 5.16 Å². The Hall–Kier alpha value is -3.47. The molecule has 1 unspecified atom stereocenters. The second-order valence-corrected chi connectivity index (χ2v) is 14.0. The monoisotopic (exact) mass is 548 g/mol. The van der Waals surface area contributed by atoms with Crippen LogP contribution in [0.15, 0.2) is 64.1 Å². The largest absolute Gasteiger partial charge is 0.493 e. The van der Waals surface area contributed by atoms with Crippen molar-refractivity contribution in [3.05, 3.63) is 88.3 Å². The zero-order chi connectivity index (χ0) is 28.2. The molecule has 5 nitrogen and oxygen atoms in total. The number of Topliss-reactive ketones (excluding diaryl/α,β-unsaturated/α-hetero) is 1. The number of hydrogen-bond donors (Lipinski definition) is 0. The second kappa shape index (κ2) is 10.1. The van der Waals surface area contributed by atoms with Gasteiger partial charge in [-0.1, -0.05) is 69.1 Å². The number of aromatic nitrogens is 1. The van der Waals surface area contributed by atoms with E-state index in [9.17, 15) is 4.79 Å². The van der Waals surface area contributed by atoms with Gasteiger partial charge in [-0.2, -0.15) is 0 Å². The van der Waals surface area contributed by atoms with Gasteiger partial charge in [0.2, 0.25) is 0 Å². The predicted octanol–water partition coefficient (Wildman–Crippen LogP) is 7.81. The molecule has 41 heavy (non-hydrogen) atoms. The van der Waals surface area contributed by atoms with Gasteiger partial charge < -0.3 is 9.26 Å². The molecule has 2 aromatic carbocycles. The molecular formula is C36H40N2O3. The summed E-state index contributed by atoms with van der Waals surface area (Å²) in [5, 5.41) is 4.09. The molecule has 2 fully saturated rings. The van der Waals surface area contributed by atoms with Crippen LogP contribution < -0.4 is 4.74 Å². The van der Waals surface area contributed by atoms with Gasteiger partial charge in [-0.15, -0.1) is 0 Å². The molecule has 0 radical (unpaired) electrons. The number of carbonyl (C=O) groups is 1. The molecule has 0 N–H and O–H groups in total. The SMILES string of the molecule is CC(C)(C)c1cc(CC(=O)Cc2ccc(C3=CC4C(=N3)Cc3cc(OCC5(CCC6CC6)CC5)ccc34)cc2)no1. The van der Waals surface area contributed by atoms with Crippen LogP contribution in [0.5, 0.6) is 5.75 Å². The van der Waals surface area contributed by atoms with Crippen LogP contribution >= 0.6 is 0 Å². The normalized spacial score (nSPS) is 20.3. The lowest BCUT2D eigenvalue weighted by molar-refractivity contribution is -0.117. The highest BCUT2D eigenvalue weighted by Gasteiger charge is 2.44. The van der Waals surface area contributed by atoms with Crippen molar-refractivity contribution in [2.45, 2.75) is 89.9 Å². The molecule has 7 rings (SSSR count). The van der Waals surface area contributed by atoms with Gasteiger partial charge in [-0.3, -0.25) is 9.79 Å². The van der Waals surface area contributed by atoms with Gasteiger partial charge in [0.1, 0.15) is 17.3 Å². The minimum absolute atomic E-state index is 0.117. The third-order valence-electron chi connectivity index (χ3n) is 9.38. The summed E-state index contributed by atoms with van der Waals surface area (Å²) in [6.45, 7) is 7.09. The van der Waals surface area contributed by atoms with Gasteiger partial charge in [0.15, 0.2) is 0 Å². The molecule has 1 aromatic heterocycles. The summed E-state index contributed by atoms with van der Waals surface area (Å²) in [6.07, 6.45) is 12.1. The summed E-state index contributed by atoms with van der Waals surface area (Å²) in [7, 11) is 0. The minimum Gasteiger partial charge on any atom is -0.493 e. The molecule has 1 aliphatic heterocycles. The summed E-state index contributed by atoms with van der Waals surface area (Å²) in [6, 6.07) is 16.8. The molecule has 3 aromatic rings. The van der Waals surface area contributed by atoms with Gasteiger partial charge >= 0.3 is 0 Å². The number of fused-ring (bicyclic) bond motifs is 3. The lowest BCUT2D eigenvalue weighted by atomic mass is 9.93. The Bertz CT molecular complexity index is 1530. The molecule has 3 aliphatic carbocycles. The van der Waals surface area contributed by atoms with Crippen molar-refractivity contribution < 1.29 is 14.1 Å². The molecule has 0 spiro atoms. The fourth-order valence-electron chi connectivity index (χ4n) is 6.25. The third kappa shape index (κ3) is 5.82. The molecule has 5 heteroatoms. The van der Waals surface area contributed by atoms with Crippen molar-refractivity contribution in [3.63, 3.8) is 0 Å². The van der Waals surface area contributed by atoms with Crippen LogP contribution in [0, 0.1) is 11.3 Å². The summed E-state index contributed by atoms with van der Waals surface area (Å²) >= 11 is 0. The summed E-state index contributed by atoms with van der Waals surface area (Å²) in [5.74, 6) is 3.20. The molecule has 212 valence electrons. The highest BCUT2D eigenvalue weighted by Crippen LogP contribution is 2.52. The molecule has 2 heterocycles. The van der Waals surface area contributed by atoms with E-state index >= 15 is 0 Å². The Labute approximate surface area is 243 Å². The topological polar surface area (TPSA) is 64.7 Å². The average molecular weight is 549 g/mol. The number of ketones is 1. The smallest absolute Gasteiger partial charge is 0.143 e. The Kier molecular flexibility index (Phi) is 6.52. The standard InChI is InChI=1S/C36H40N2O3/c1-35(2,3)34-20-27(38-41-34)19-28(39)16-24-6-8-25(9-7-24)32-21-31-30-11-10-29(17-26(30)18-33(31)37-32)40-22-36(14-15-36)13-12-23-4-5-23/h6-11,17,20-21,23,31H,4-5,12-16,18-19,22H2,1-3H3. The molecule has 2 saturated carbocycles. The van der Waals surface area contributed by atoms with Crippen molar-refractivity contribution in [2.24, 2.45) is 16.3 Å². The van der Waals surface area contributed by atoms with E-state index in [0.29, 0.717) is 17.5 Å². The molecule has 1 atom stereocenters. The van der Waals surface area contributed by atoms with E-state index in [1.165, 1.54) is 55.4 Å². The molecule has 0 saturated heterocycles. The van der Waals surface area contributed by atoms with E-state index in [1.807, 2.05) is 18.2 Å². The highest BCUT2D eigenvalue weighted by atomic mass is 16.5. The number of rotatable bonds is 11. The van der Waals surface area contributed by atoms with Crippen LogP contribution in [0.1, 0.15) is 98.9 Å². The van der Waals surface area contributed by atoms with E-state index < -0.39 is 0 Å². The zero-order valence-electron chi connectivity index (χ0n) is 24.5. The average Bonchev–Trinajstić information content (AvgIpc) is 3.79. The van der Waals surface area contributed by atoms with Crippen LogP contribution in [-0.2, 0) is 29.5 Å². The predicted molar refractivity (Wildman–Crippen MR) is 161 cm³/mol. The maximum atomic E-state index is 12.7. The number of allylic oxidation sites excluding steroid dienone is 1. The lowest BCUT2D eigenvalue weighted by Gasteiger charge is -2.17. The Morgan fingerprint density at radius 2 is 1.85 bits per heavy atom. The number of benzene rings is 2. The zero-order valence-corrected chi connectivity index (χ0v) is 24.5. The van der Waals surface area contributed by atoms with E-state index in [2.05, 4.69) is 62.3 Å². The van der Waals surface area contributed by atoms with Crippen molar-refractivity contribution in [1.29, 1.82) is 0 Å². The van der Waals surface area contributed by atoms with E-state index in [4.69, 9.17) is 14.3 Å². The van der Waals surface area contributed by atoms with Crippen LogP contribution in [0.4, 0.5) is 0 Å². The number of hydrogen-bond acceptors (Lipinski definition) is 5. The number of nitrogens with zero attached hydrogens (tertiary/aromatic N) is 2. The van der Waals surface area contributed by atoms with Gasteiger partial charge in [0.25, 0.3) is 0 Å². The first-order valence-corrected chi connectivity index (χ1v) is 15.4. The van der Waals surface area contributed by atoms with Gasteiger partial charge in [-0.05, 0) is 72.1 Å². The number of aliphatic imine (C=N–C) groups is 1. The van der Waals surface area contributed by atoms with Crippen molar-refractivity contribution in [3.8, 4) is 5.75 Å². The third-order valence-corrected chi connectivity index (χ3v) is 9.38. The Morgan fingerprint density at radius 3 is 2.56 bits per heavy atom. The lowest BCUT2D eigenvalue weighted by Crippen LogP contribution is -2.13. The van der Waals surface area contributed by atoms with Gasteiger partial charge in [0, 0.05) is 41.4 Å². The first kappa shape index (κ1) is 26.4. The first-order chi connectivity index (χ1) is 19.7. The summed E-state index contributed by atoms with van der Waals surface area (Å²) in [4.78, 5) is 17.7. The fourth-order valence-corrected chi connectivity index (χ4v) is 6.25. The highest BCUT2D eigenvalue weighted by molar-refractivity contribution is 6.05. The second-order valence-electron chi connectivity index (χ2n) is 14.0. The van der Waals surface area contributed by atoms with E-state index in [-0.39, 0.29) is 23.5 Å². The first-order valence-electron chi connectivity index (χ1n) is 15.4. The quantitative estimate of drug-likeness (QED) is 0.245. The molecule has 0 bridgehead atoms. The maximum absolute atomic E-state index is 12.7. The number of ether oxygens (including phenoxy) is 1. The Morgan fingerprint density at radius 1 is 1.05 bits per heavy atom. The molecular weight excluding hydrogens is 508 g/mol. The Balaban J connectivity index is 0.949. The van der Waals surface area contributed by atoms with Crippen LogP contribution in [0.2, 0.25) is 0 Å². The fraction of sp³-hybridized carbons (Fsp3) is 0.472. The van der Waals surface area contributed by atoms with Crippen molar-refractivity contribution in [2.75, 3.05) is 6.61 Å². The van der Waals surface area contributed by atoms with E-state index in [0.717, 1.165) is 47.3 Å². The van der Waals surface area contributed by atoms with Gasteiger partial charge in [0.05, 0.1) is 24.4 Å². The number of carbonyl (C=O) groups excluding carboxylic acids is 1. The van der Waals surface area contributed by atoms with Crippen LogP contribution in [0.3, 0.4) is 0 Å². The van der Waals surface area contributed by atoms with Crippen molar-refractivity contribution >= 4 is 17.2 Å². The maximum Gasteiger partial charge on any atom is 0.143 e. The molecule has 4 aliphatic rings. The van der Waals surface area contributed by atoms with E-state index in [1.54, 1.807) is 0 Å². The summed E-state index contributed by atoms with van der Waals surface area (Å²) < 4.78 is 11.7. The summed E-state index contributed by atoms with van der Waals surface area (Å²) in [5.41, 5.74) is 8.08. The van der Waals surface area contributed by atoms with Crippen LogP contribution in [-0.4, -0.2) is 23.3 Å². The van der Waals surface area contributed by atoms with Gasteiger partial charge in [-0.25, -0.2) is 0 Å².